The van der Waals surface area contributed by atoms with Crippen LogP contribution in [0.25, 0.3) is 5.95 Å². The van der Waals surface area contributed by atoms with Crippen molar-refractivity contribution in [1.29, 1.82) is 0 Å². The summed E-state index contributed by atoms with van der Waals surface area (Å²) in [5, 5.41) is 7.77. The predicted molar refractivity (Wildman–Crippen MR) is 116 cm³/mol. The Hall–Kier alpha value is -3.13. The Bertz CT molecular complexity index is 1100. The lowest BCUT2D eigenvalue weighted by Gasteiger charge is -2.25. The van der Waals surface area contributed by atoms with E-state index in [9.17, 15) is 9.59 Å². The van der Waals surface area contributed by atoms with Crippen LogP contribution in [0.5, 0.6) is 5.75 Å². The Morgan fingerprint density at radius 3 is 2.63 bits per heavy atom. The largest absolute Gasteiger partial charge is 0.478 e. The molecule has 0 atom stereocenters. The number of halogens is 1. The fraction of sp³-hybridized carbons (Fsp3) is 0.333. The third kappa shape index (κ3) is 5.07. The van der Waals surface area contributed by atoms with Crippen LogP contribution in [0.2, 0.25) is 5.02 Å². The molecule has 30 heavy (non-hydrogen) atoms. The zero-order chi connectivity index (χ0) is 21.9. The number of nitrogens with one attached hydrogen (secondary N) is 2. The average Bonchev–Trinajstić information content (AvgIpc) is 3.03. The van der Waals surface area contributed by atoms with Gasteiger partial charge < -0.3 is 10.1 Å². The van der Waals surface area contributed by atoms with Crippen molar-refractivity contribution in [2.24, 2.45) is 0 Å². The summed E-state index contributed by atoms with van der Waals surface area (Å²) in [5.41, 5.74) is -0.138. The third-order valence-electron chi connectivity index (χ3n) is 4.30. The molecule has 2 N–H and O–H groups in total. The molecule has 158 valence electrons. The maximum absolute atomic E-state index is 12.9. The van der Waals surface area contributed by atoms with Crippen molar-refractivity contribution in [3.63, 3.8) is 0 Å². The number of hydrogen-bond donors (Lipinski definition) is 2. The Morgan fingerprint density at radius 1 is 1.27 bits per heavy atom. The number of benzene rings is 1. The summed E-state index contributed by atoms with van der Waals surface area (Å²) in [6.45, 7) is 7.11. The van der Waals surface area contributed by atoms with Gasteiger partial charge in [0.15, 0.2) is 5.60 Å². The standard InChI is InChI=1S/C21H24ClN5O3/c1-5-6-15-12-18(28)25-20(23-15)27-17(11-13(2)26-27)24-19(29)21(3,4)30-16-9-7-14(22)8-10-16/h7-12H,5-6H2,1-4H3,(H,24,29)(H,23,25,28). The lowest BCUT2D eigenvalue weighted by molar-refractivity contribution is -0.128. The van der Waals surface area contributed by atoms with Gasteiger partial charge in [-0.2, -0.15) is 9.78 Å². The van der Waals surface area contributed by atoms with E-state index in [0.717, 1.165) is 6.42 Å². The highest BCUT2D eigenvalue weighted by Crippen LogP contribution is 2.23. The fourth-order valence-corrected chi connectivity index (χ4v) is 2.96. The predicted octanol–water partition coefficient (Wildman–Crippen LogP) is 3.67. The van der Waals surface area contributed by atoms with Crippen LogP contribution < -0.4 is 15.6 Å². The van der Waals surface area contributed by atoms with Crippen LogP contribution in [0.15, 0.2) is 41.2 Å². The first-order chi connectivity index (χ1) is 14.2. The highest BCUT2D eigenvalue weighted by atomic mass is 35.5. The smallest absolute Gasteiger partial charge is 0.269 e. The molecule has 0 unspecified atom stereocenters. The molecule has 0 saturated carbocycles. The zero-order valence-electron chi connectivity index (χ0n) is 17.3. The molecule has 2 aromatic heterocycles. The van der Waals surface area contributed by atoms with Gasteiger partial charge >= 0.3 is 0 Å². The van der Waals surface area contributed by atoms with E-state index in [4.69, 9.17) is 16.3 Å². The number of aromatic amines is 1. The van der Waals surface area contributed by atoms with Gasteiger partial charge in [-0.05, 0) is 51.5 Å². The molecule has 0 aliphatic carbocycles. The second kappa shape index (κ2) is 8.71. The minimum absolute atomic E-state index is 0.241. The van der Waals surface area contributed by atoms with Crippen LogP contribution in [-0.4, -0.2) is 31.3 Å². The quantitative estimate of drug-likeness (QED) is 0.596. The molecule has 2 heterocycles. The number of ether oxygens (including phenoxy) is 1. The average molecular weight is 430 g/mol. The molecule has 0 aliphatic rings. The van der Waals surface area contributed by atoms with Gasteiger partial charge in [0.25, 0.3) is 11.5 Å². The van der Waals surface area contributed by atoms with Crippen molar-refractivity contribution < 1.29 is 9.53 Å². The normalized spacial score (nSPS) is 11.4. The molecule has 9 heteroatoms. The highest BCUT2D eigenvalue weighted by Gasteiger charge is 2.31. The molecular weight excluding hydrogens is 406 g/mol. The molecule has 1 amide bonds. The lowest BCUT2D eigenvalue weighted by Crippen LogP contribution is -2.43. The number of aromatic nitrogens is 4. The number of hydrogen-bond acceptors (Lipinski definition) is 5. The molecule has 0 spiro atoms. The van der Waals surface area contributed by atoms with E-state index < -0.39 is 5.60 Å². The van der Waals surface area contributed by atoms with Crippen molar-refractivity contribution in [2.75, 3.05) is 5.32 Å². The maximum Gasteiger partial charge on any atom is 0.269 e. The first-order valence-electron chi connectivity index (χ1n) is 9.61. The van der Waals surface area contributed by atoms with Crippen LogP contribution in [-0.2, 0) is 11.2 Å². The summed E-state index contributed by atoms with van der Waals surface area (Å²) in [4.78, 5) is 32.1. The molecule has 0 radical (unpaired) electrons. The first-order valence-corrected chi connectivity index (χ1v) is 9.99. The van der Waals surface area contributed by atoms with E-state index in [1.165, 1.54) is 10.7 Å². The summed E-state index contributed by atoms with van der Waals surface area (Å²) in [6, 6.07) is 9.93. The number of nitrogens with zero attached hydrogens (tertiary/aromatic N) is 3. The van der Waals surface area contributed by atoms with E-state index in [-0.39, 0.29) is 17.4 Å². The molecule has 0 bridgehead atoms. The summed E-state index contributed by atoms with van der Waals surface area (Å²) in [7, 11) is 0. The van der Waals surface area contributed by atoms with E-state index in [0.29, 0.717) is 34.4 Å². The molecule has 8 nitrogen and oxygen atoms in total. The van der Waals surface area contributed by atoms with Crippen LogP contribution in [0.4, 0.5) is 5.82 Å². The molecule has 0 fully saturated rings. The van der Waals surface area contributed by atoms with E-state index in [1.807, 2.05) is 6.92 Å². The van der Waals surface area contributed by atoms with Crippen LogP contribution in [0.1, 0.15) is 38.6 Å². The monoisotopic (exact) mass is 429 g/mol. The second-order valence-electron chi connectivity index (χ2n) is 7.41. The topological polar surface area (TPSA) is 102 Å². The van der Waals surface area contributed by atoms with Gasteiger partial charge in [-0.25, -0.2) is 4.98 Å². The highest BCUT2D eigenvalue weighted by molar-refractivity contribution is 6.30. The number of carbonyl (C=O) groups is 1. The van der Waals surface area contributed by atoms with Gasteiger partial charge in [-0.15, -0.1) is 0 Å². The van der Waals surface area contributed by atoms with Crippen molar-refractivity contribution in [3.05, 3.63) is 63.2 Å². The number of carbonyl (C=O) groups excluding carboxylic acids is 1. The van der Waals surface area contributed by atoms with E-state index in [1.54, 1.807) is 51.1 Å². The van der Waals surface area contributed by atoms with Gasteiger partial charge in [-0.3, -0.25) is 14.6 Å². The number of anilines is 1. The molecule has 0 aliphatic heterocycles. The van der Waals surface area contributed by atoms with Gasteiger partial charge in [0.05, 0.1) is 5.69 Å². The summed E-state index contributed by atoms with van der Waals surface area (Å²) in [6.07, 6.45) is 1.52. The van der Waals surface area contributed by atoms with Crippen LogP contribution >= 0.6 is 11.6 Å². The molecule has 3 aromatic rings. The zero-order valence-corrected chi connectivity index (χ0v) is 18.1. The minimum Gasteiger partial charge on any atom is -0.478 e. The molecule has 0 saturated heterocycles. The van der Waals surface area contributed by atoms with Crippen LogP contribution in [0, 0.1) is 6.92 Å². The number of amides is 1. The summed E-state index contributed by atoms with van der Waals surface area (Å²) in [5.74, 6) is 0.751. The molecule has 1 aromatic carbocycles. The Morgan fingerprint density at radius 2 is 1.97 bits per heavy atom. The second-order valence-corrected chi connectivity index (χ2v) is 7.85. The summed E-state index contributed by atoms with van der Waals surface area (Å²) >= 11 is 5.90. The number of rotatable bonds is 7. The molecule has 3 rings (SSSR count). The number of aryl methyl sites for hydroxylation is 2. The van der Waals surface area contributed by atoms with Gasteiger partial charge in [0.2, 0.25) is 5.95 Å². The third-order valence-corrected chi connectivity index (χ3v) is 4.55. The number of H-pyrrole nitrogens is 1. The molecular formula is C21H24ClN5O3. The van der Waals surface area contributed by atoms with E-state index in [2.05, 4.69) is 20.4 Å². The van der Waals surface area contributed by atoms with Gasteiger partial charge in [0.1, 0.15) is 11.6 Å². The lowest BCUT2D eigenvalue weighted by atomic mass is 10.1. The minimum atomic E-state index is -1.18. The van der Waals surface area contributed by atoms with Crippen molar-refractivity contribution >= 4 is 23.3 Å². The Kier molecular flexibility index (Phi) is 6.26. The van der Waals surface area contributed by atoms with Gasteiger partial charge in [0, 0.05) is 22.8 Å². The van der Waals surface area contributed by atoms with Crippen molar-refractivity contribution in [1.82, 2.24) is 19.7 Å². The Labute approximate surface area is 179 Å². The van der Waals surface area contributed by atoms with E-state index >= 15 is 0 Å². The van der Waals surface area contributed by atoms with Crippen molar-refractivity contribution in [3.8, 4) is 11.7 Å². The maximum atomic E-state index is 12.9. The van der Waals surface area contributed by atoms with Crippen molar-refractivity contribution in [2.45, 2.75) is 46.1 Å². The van der Waals surface area contributed by atoms with Crippen LogP contribution in [0.3, 0.4) is 0 Å². The first kappa shape index (κ1) is 21.6. The SMILES string of the molecule is CCCc1cc(=O)[nH]c(-n2nc(C)cc2NC(=O)C(C)(C)Oc2ccc(Cl)cc2)n1. The van der Waals surface area contributed by atoms with Gasteiger partial charge in [-0.1, -0.05) is 24.9 Å². The Balaban J connectivity index is 1.86. The fourth-order valence-electron chi connectivity index (χ4n) is 2.84. The summed E-state index contributed by atoms with van der Waals surface area (Å²) < 4.78 is 7.25.